The van der Waals surface area contributed by atoms with E-state index in [0.29, 0.717) is 24.1 Å². The highest BCUT2D eigenvalue weighted by Crippen LogP contribution is 2.37. The Bertz CT molecular complexity index is 675. The van der Waals surface area contributed by atoms with Crippen molar-refractivity contribution in [2.45, 2.75) is 44.7 Å². The van der Waals surface area contributed by atoms with Crippen molar-refractivity contribution in [2.24, 2.45) is 11.8 Å². The van der Waals surface area contributed by atoms with Crippen LogP contribution in [-0.2, 0) is 11.3 Å². The Labute approximate surface area is 159 Å². The summed E-state index contributed by atoms with van der Waals surface area (Å²) in [5, 5.41) is 3.21. The van der Waals surface area contributed by atoms with Gasteiger partial charge in [0.2, 0.25) is 5.91 Å². The van der Waals surface area contributed by atoms with Gasteiger partial charge in [0.15, 0.2) is 0 Å². The smallest absolute Gasteiger partial charge is 0.223 e. The van der Waals surface area contributed by atoms with Crippen molar-refractivity contribution in [1.29, 1.82) is 0 Å². The Morgan fingerprint density at radius 1 is 1.04 bits per heavy atom. The van der Waals surface area contributed by atoms with E-state index >= 15 is 0 Å². The van der Waals surface area contributed by atoms with Crippen LogP contribution in [0.15, 0.2) is 18.2 Å². The molecule has 1 aromatic rings. The molecular weight excluding hydrogens is 348 g/mol. The number of piperazine rings is 1. The molecule has 0 unspecified atom stereocenters. The summed E-state index contributed by atoms with van der Waals surface area (Å²) in [7, 11) is 0. The van der Waals surface area contributed by atoms with Gasteiger partial charge in [0.1, 0.15) is 11.6 Å². The number of fused-ring (bicyclic) bond motifs is 1. The minimum absolute atomic E-state index is 0.182. The van der Waals surface area contributed by atoms with Gasteiger partial charge in [0.05, 0.1) is 0 Å². The van der Waals surface area contributed by atoms with Gasteiger partial charge < -0.3 is 10.2 Å². The number of nitrogens with one attached hydrogen (secondary N) is 1. The Hall–Kier alpha value is -1.53. The molecule has 3 atom stereocenters. The average molecular weight is 377 g/mol. The molecule has 1 saturated carbocycles. The number of amides is 1. The zero-order valence-electron chi connectivity index (χ0n) is 15.8. The van der Waals surface area contributed by atoms with Crippen molar-refractivity contribution in [3.05, 3.63) is 35.4 Å². The zero-order valence-corrected chi connectivity index (χ0v) is 15.8. The molecule has 0 radical (unpaired) electrons. The quantitative estimate of drug-likeness (QED) is 0.857. The summed E-state index contributed by atoms with van der Waals surface area (Å²) in [6.45, 7) is 5.10. The first-order valence-electron chi connectivity index (χ1n) is 10.3. The third-order valence-electron chi connectivity index (χ3n) is 6.63. The first-order chi connectivity index (χ1) is 13.1. The molecule has 2 aliphatic heterocycles. The molecule has 4 rings (SSSR count). The molecule has 0 bridgehead atoms. The number of hydrogen-bond acceptors (Lipinski definition) is 3. The van der Waals surface area contributed by atoms with E-state index in [1.165, 1.54) is 31.4 Å². The van der Waals surface area contributed by atoms with E-state index in [9.17, 15) is 13.6 Å². The molecule has 2 saturated heterocycles. The van der Waals surface area contributed by atoms with Gasteiger partial charge in [-0.15, -0.1) is 0 Å². The van der Waals surface area contributed by atoms with Gasteiger partial charge >= 0.3 is 0 Å². The SMILES string of the molecule is O=C1N[C@H]2CCCC[C@@H]2[C@H]1CCN1CCN(Cc2ccc(F)cc2F)CC1. The van der Waals surface area contributed by atoms with E-state index in [-0.39, 0.29) is 11.8 Å². The van der Waals surface area contributed by atoms with Crippen molar-refractivity contribution in [1.82, 2.24) is 15.1 Å². The molecule has 3 fully saturated rings. The number of benzene rings is 1. The highest BCUT2D eigenvalue weighted by Gasteiger charge is 2.42. The van der Waals surface area contributed by atoms with E-state index < -0.39 is 11.6 Å². The molecule has 27 heavy (non-hydrogen) atoms. The lowest BCUT2D eigenvalue weighted by atomic mass is 9.78. The molecule has 0 aromatic heterocycles. The van der Waals surface area contributed by atoms with Crippen LogP contribution in [-0.4, -0.2) is 54.5 Å². The second-order valence-electron chi connectivity index (χ2n) is 8.31. The molecule has 1 aliphatic carbocycles. The Morgan fingerprint density at radius 2 is 1.78 bits per heavy atom. The van der Waals surface area contributed by atoms with E-state index in [4.69, 9.17) is 0 Å². The van der Waals surface area contributed by atoms with E-state index in [2.05, 4.69) is 15.1 Å². The van der Waals surface area contributed by atoms with Crippen LogP contribution in [0.1, 0.15) is 37.7 Å². The van der Waals surface area contributed by atoms with Crippen molar-refractivity contribution in [3.63, 3.8) is 0 Å². The summed E-state index contributed by atoms with van der Waals surface area (Å²) in [4.78, 5) is 17.0. The Morgan fingerprint density at radius 3 is 2.56 bits per heavy atom. The monoisotopic (exact) mass is 377 g/mol. The Kier molecular flexibility index (Phi) is 5.74. The largest absolute Gasteiger partial charge is 0.353 e. The molecule has 6 heteroatoms. The third kappa shape index (κ3) is 4.32. The van der Waals surface area contributed by atoms with Gasteiger partial charge in [-0.1, -0.05) is 18.9 Å². The van der Waals surface area contributed by atoms with E-state index in [1.54, 1.807) is 0 Å². The maximum Gasteiger partial charge on any atom is 0.223 e. The van der Waals surface area contributed by atoms with E-state index in [1.807, 2.05) is 0 Å². The number of hydrogen-bond donors (Lipinski definition) is 1. The molecule has 1 N–H and O–H groups in total. The first kappa shape index (κ1) is 18.8. The number of rotatable bonds is 5. The first-order valence-corrected chi connectivity index (χ1v) is 10.3. The summed E-state index contributed by atoms with van der Waals surface area (Å²) >= 11 is 0. The average Bonchev–Trinajstić information content (AvgIpc) is 2.98. The van der Waals surface area contributed by atoms with Gasteiger partial charge in [0.25, 0.3) is 0 Å². The fourth-order valence-corrected chi connectivity index (χ4v) is 5.03. The lowest BCUT2D eigenvalue weighted by molar-refractivity contribution is -0.123. The summed E-state index contributed by atoms with van der Waals surface area (Å²) < 4.78 is 26.9. The van der Waals surface area contributed by atoms with Crippen LogP contribution < -0.4 is 5.32 Å². The van der Waals surface area contributed by atoms with Gasteiger partial charge in [-0.3, -0.25) is 9.69 Å². The maximum atomic E-state index is 13.8. The van der Waals surface area contributed by atoms with Gasteiger partial charge in [-0.05, 0) is 37.8 Å². The summed E-state index contributed by atoms with van der Waals surface area (Å²) in [5.74, 6) is -0.0168. The molecule has 0 spiro atoms. The van der Waals surface area contributed by atoms with Crippen molar-refractivity contribution in [2.75, 3.05) is 32.7 Å². The fourth-order valence-electron chi connectivity index (χ4n) is 5.03. The van der Waals surface area contributed by atoms with Crippen LogP contribution in [0.5, 0.6) is 0 Å². The molecule has 1 aromatic carbocycles. The molecule has 2 heterocycles. The minimum atomic E-state index is -0.530. The maximum absolute atomic E-state index is 13.8. The van der Waals surface area contributed by atoms with E-state index in [0.717, 1.165) is 51.6 Å². The third-order valence-corrected chi connectivity index (χ3v) is 6.63. The van der Waals surface area contributed by atoms with Crippen LogP contribution in [0.3, 0.4) is 0 Å². The van der Waals surface area contributed by atoms with Crippen molar-refractivity contribution < 1.29 is 13.6 Å². The van der Waals surface area contributed by atoms with Gasteiger partial charge in [-0.2, -0.15) is 0 Å². The summed E-state index contributed by atoms with van der Waals surface area (Å²) in [6, 6.07) is 4.23. The number of carbonyl (C=O) groups excluding carboxylic acids is 1. The topological polar surface area (TPSA) is 35.6 Å². The van der Waals surface area contributed by atoms with Crippen LogP contribution in [0.4, 0.5) is 8.78 Å². The Balaban J connectivity index is 1.23. The molecule has 3 aliphatic rings. The highest BCUT2D eigenvalue weighted by molar-refractivity contribution is 5.81. The standard InChI is InChI=1S/C21H29F2N3O/c22-16-6-5-15(19(23)13-16)14-26-11-9-25(10-12-26)8-7-18-17-3-1-2-4-20(17)24-21(18)27/h5-6,13,17-18,20H,1-4,7-12,14H2,(H,24,27)/t17-,18-,20+/m1/s1. The van der Waals surface area contributed by atoms with Crippen LogP contribution in [0, 0.1) is 23.5 Å². The minimum Gasteiger partial charge on any atom is -0.353 e. The van der Waals surface area contributed by atoms with Crippen LogP contribution in [0.25, 0.3) is 0 Å². The predicted molar refractivity (Wildman–Crippen MR) is 100 cm³/mol. The van der Waals surface area contributed by atoms with Crippen LogP contribution in [0.2, 0.25) is 0 Å². The number of carbonyl (C=O) groups is 1. The summed E-state index contributed by atoms with van der Waals surface area (Å²) in [6.07, 6.45) is 5.77. The lowest BCUT2D eigenvalue weighted by Crippen LogP contribution is -2.46. The highest BCUT2D eigenvalue weighted by atomic mass is 19.1. The molecular formula is C21H29F2N3O. The van der Waals surface area contributed by atoms with Crippen molar-refractivity contribution in [3.8, 4) is 0 Å². The second-order valence-corrected chi connectivity index (χ2v) is 8.31. The molecule has 148 valence electrons. The molecule has 1 amide bonds. The predicted octanol–water partition coefficient (Wildman–Crippen LogP) is 2.78. The number of halogens is 2. The number of nitrogens with zero attached hydrogens (tertiary/aromatic N) is 2. The van der Waals surface area contributed by atoms with Gasteiger partial charge in [0, 0.05) is 56.3 Å². The fraction of sp³-hybridized carbons (Fsp3) is 0.667. The zero-order chi connectivity index (χ0) is 18.8. The lowest BCUT2D eigenvalue weighted by Gasteiger charge is -2.35. The normalized spacial score (nSPS) is 29.6. The van der Waals surface area contributed by atoms with Crippen molar-refractivity contribution >= 4 is 5.91 Å². The second kappa shape index (κ2) is 8.23. The van der Waals surface area contributed by atoms with Crippen LogP contribution >= 0.6 is 0 Å². The van der Waals surface area contributed by atoms with Gasteiger partial charge in [-0.25, -0.2) is 8.78 Å². The summed E-state index contributed by atoms with van der Waals surface area (Å²) in [5.41, 5.74) is 0.552. The molecule has 4 nitrogen and oxygen atoms in total.